The Hall–Kier alpha value is -1.30. The van der Waals surface area contributed by atoms with Crippen molar-refractivity contribution in [1.82, 2.24) is 10.2 Å². The van der Waals surface area contributed by atoms with Gasteiger partial charge in [0, 0.05) is 33.4 Å². The number of hydrogen-bond donors (Lipinski definition) is 2. The largest absolute Gasteiger partial charge is 0.481 e. The summed E-state index contributed by atoms with van der Waals surface area (Å²) in [5.74, 6) is -1.28. The molecule has 20 heavy (non-hydrogen) atoms. The Bertz CT molecular complexity index is 357. The Morgan fingerprint density at radius 3 is 2.55 bits per heavy atom. The third-order valence-corrected chi connectivity index (χ3v) is 3.92. The molecule has 1 fully saturated rings. The van der Waals surface area contributed by atoms with Crippen LogP contribution in [0.5, 0.6) is 0 Å². The van der Waals surface area contributed by atoms with E-state index in [0.717, 1.165) is 6.42 Å². The molecular formula is C14H26N2O4. The van der Waals surface area contributed by atoms with Gasteiger partial charge in [-0.3, -0.25) is 4.79 Å². The topological polar surface area (TPSA) is 78.9 Å². The van der Waals surface area contributed by atoms with Crippen molar-refractivity contribution < 1.29 is 19.4 Å². The average molecular weight is 286 g/mol. The van der Waals surface area contributed by atoms with Crippen molar-refractivity contribution in [1.29, 1.82) is 0 Å². The van der Waals surface area contributed by atoms with Crippen LogP contribution < -0.4 is 5.32 Å². The molecule has 0 radical (unpaired) electrons. The van der Waals surface area contributed by atoms with Gasteiger partial charge in [-0.25, -0.2) is 4.79 Å². The van der Waals surface area contributed by atoms with Crippen LogP contribution in [-0.2, 0) is 9.53 Å². The number of likely N-dealkylation sites (tertiary alicyclic amines) is 1. The standard InChI is InChI=1S/C14H26N2O4/c1-10-7-16(8-11(10)12(17)18)13(19)15-9-14(2,3)5-6-20-4/h10-11H,5-9H2,1-4H3,(H,15,19)(H,17,18). The molecule has 0 aromatic rings. The number of hydrogen-bond acceptors (Lipinski definition) is 3. The Kier molecular flexibility index (Phi) is 5.80. The Morgan fingerprint density at radius 1 is 1.40 bits per heavy atom. The molecule has 2 unspecified atom stereocenters. The molecule has 1 aliphatic rings. The number of methoxy groups -OCH3 is 1. The molecule has 0 aliphatic carbocycles. The molecule has 1 rings (SSSR count). The zero-order valence-corrected chi connectivity index (χ0v) is 12.8. The third kappa shape index (κ3) is 4.67. The summed E-state index contributed by atoms with van der Waals surface area (Å²) in [5, 5.41) is 12.0. The summed E-state index contributed by atoms with van der Waals surface area (Å²) in [4.78, 5) is 24.7. The van der Waals surface area contributed by atoms with Gasteiger partial charge < -0.3 is 20.1 Å². The van der Waals surface area contributed by atoms with Gasteiger partial charge in [0.05, 0.1) is 5.92 Å². The number of carboxylic acid groups (broad SMARTS) is 1. The molecule has 2 N–H and O–H groups in total. The van der Waals surface area contributed by atoms with Gasteiger partial charge in [0.25, 0.3) is 0 Å². The molecular weight excluding hydrogens is 260 g/mol. The Balaban J connectivity index is 2.42. The highest BCUT2D eigenvalue weighted by molar-refractivity contribution is 5.77. The lowest BCUT2D eigenvalue weighted by molar-refractivity contribution is -0.142. The summed E-state index contributed by atoms with van der Waals surface area (Å²) < 4.78 is 5.05. The highest BCUT2D eigenvalue weighted by Gasteiger charge is 2.37. The number of amides is 2. The van der Waals surface area contributed by atoms with Gasteiger partial charge in [-0.2, -0.15) is 0 Å². The van der Waals surface area contributed by atoms with E-state index >= 15 is 0 Å². The molecule has 0 saturated carbocycles. The van der Waals surface area contributed by atoms with E-state index in [9.17, 15) is 9.59 Å². The Morgan fingerprint density at radius 2 is 2.05 bits per heavy atom. The normalized spacial score (nSPS) is 22.9. The van der Waals surface area contributed by atoms with Crippen molar-refractivity contribution in [3.63, 3.8) is 0 Å². The maximum atomic E-state index is 12.1. The number of urea groups is 1. The molecule has 1 heterocycles. The monoisotopic (exact) mass is 286 g/mol. The smallest absolute Gasteiger partial charge is 0.317 e. The van der Waals surface area contributed by atoms with Crippen LogP contribution in [0.2, 0.25) is 0 Å². The number of carboxylic acids is 1. The van der Waals surface area contributed by atoms with Crippen LogP contribution in [0.15, 0.2) is 0 Å². The van der Waals surface area contributed by atoms with Crippen LogP contribution in [0.1, 0.15) is 27.2 Å². The van der Waals surface area contributed by atoms with Crippen LogP contribution >= 0.6 is 0 Å². The van der Waals surface area contributed by atoms with Gasteiger partial charge in [-0.1, -0.05) is 20.8 Å². The van der Waals surface area contributed by atoms with Gasteiger partial charge in [-0.15, -0.1) is 0 Å². The summed E-state index contributed by atoms with van der Waals surface area (Å²) in [6.45, 7) is 8.01. The number of ether oxygens (including phenoxy) is 1. The van der Waals surface area contributed by atoms with Crippen molar-refractivity contribution in [2.75, 3.05) is 33.4 Å². The SMILES string of the molecule is COCCC(C)(C)CNC(=O)N1CC(C)C(C(=O)O)C1. The minimum Gasteiger partial charge on any atom is -0.481 e. The van der Waals surface area contributed by atoms with Crippen LogP contribution in [-0.4, -0.2) is 55.4 Å². The van der Waals surface area contributed by atoms with Gasteiger partial charge in [-0.05, 0) is 17.8 Å². The molecule has 2 atom stereocenters. The number of nitrogens with zero attached hydrogens (tertiary/aromatic N) is 1. The first-order valence-electron chi connectivity index (χ1n) is 7.01. The minimum absolute atomic E-state index is 0.000230. The molecule has 0 aromatic heterocycles. The van der Waals surface area contributed by atoms with Gasteiger partial charge in [0.1, 0.15) is 0 Å². The number of aliphatic carboxylic acids is 1. The lowest BCUT2D eigenvalue weighted by Crippen LogP contribution is -2.43. The molecule has 2 amide bonds. The second-order valence-electron chi connectivity index (χ2n) is 6.39. The predicted molar refractivity (Wildman–Crippen MR) is 75.5 cm³/mol. The quantitative estimate of drug-likeness (QED) is 0.774. The van der Waals surface area contributed by atoms with Crippen molar-refractivity contribution in [2.45, 2.75) is 27.2 Å². The fourth-order valence-electron chi connectivity index (χ4n) is 2.35. The molecule has 0 spiro atoms. The predicted octanol–water partition coefficient (Wildman–Crippen LogP) is 1.41. The van der Waals surface area contributed by atoms with Crippen LogP contribution in [0.3, 0.4) is 0 Å². The number of carbonyl (C=O) groups is 2. The van der Waals surface area contributed by atoms with E-state index in [-0.39, 0.29) is 17.4 Å². The summed E-state index contributed by atoms with van der Waals surface area (Å²) in [6.07, 6.45) is 0.859. The zero-order valence-electron chi connectivity index (χ0n) is 12.8. The van der Waals surface area contributed by atoms with Crippen molar-refractivity contribution >= 4 is 12.0 Å². The molecule has 6 nitrogen and oxygen atoms in total. The highest BCUT2D eigenvalue weighted by Crippen LogP contribution is 2.24. The second-order valence-corrected chi connectivity index (χ2v) is 6.39. The van der Waals surface area contributed by atoms with E-state index in [1.165, 1.54) is 0 Å². The van der Waals surface area contributed by atoms with E-state index in [1.807, 2.05) is 6.92 Å². The van der Waals surface area contributed by atoms with Crippen LogP contribution in [0.4, 0.5) is 4.79 Å². The van der Waals surface area contributed by atoms with E-state index in [1.54, 1.807) is 12.0 Å². The third-order valence-electron chi connectivity index (χ3n) is 3.92. The van der Waals surface area contributed by atoms with Crippen molar-refractivity contribution in [2.24, 2.45) is 17.3 Å². The van der Waals surface area contributed by atoms with Crippen LogP contribution in [0.25, 0.3) is 0 Å². The first-order chi connectivity index (χ1) is 9.26. The van der Waals surface area contributed by atoms with E-state index in [2.05, 4.69) is 19.2 Å². The summed E-state index contributed by atoms with van der Waals surface area (Å²) >= 11 is 0. The lowest BCUT2D eigenvalue weighted by atomic mass is 9.90. The van der Waals surface area contributed by atoms with E-state index < -0.39 is 11.9 Å². The van der Waals surface area contributed by atoms with Gasteiger partial charge in [0.2, 0.25) is 0 Å². The summed E-state index contributed by atoms with van der Waals surface area (Å²) in [6, 6.07) is -0.175. The first kappa shape index (κ1) is 16.8. The fourth-order valence-corrected chi connectivity index (χ4v) is 2.35. The lowest BCUT2D eigenvalue weighted by Gasteiger charge is -2.26. The minimum atomic E-state index is -0.826. The molecule has 0 bridgehead atoms. The van der Waals surface area contributed by atoms with E-state index in [4.69, 9.17) is 9.84 Å². The van der Waals surface area contributed by atoms with Gasteiger partial charge >= 0.3 is 12.0 Å². The summed E-state index contributed by atoms with van der Waals surface area (Å²) in [5.41, 5.74) is -0.0385. The maximum absolute atomic E-state index is 12.1. The fraction of sp³-hybridized carbons (Fsp3) is 0.857. The number of carbonyl (C=O) groups excluding carboxylic acids is 1. The molecule has 6 heteroatoms. The molecule has 116 valence electrons. The number of nitrogens with one attached hydrogen (secondary N) is 1. The Labute approximate surface area is 120 Å². The highest BCUT2D eigenvalue weighted by atomic mass is 16.5. The van der Waals surface area contributed by atoms with E-state index in [0.29, 0.717) is 26.2 Å². The van der Waals surface area contributed by atoms with Crippen molar-refractivity contribution in [3.05, 3.63) is 0 Å². The van der Waals surface area contributed by atoms with Crippen molar-refractivity contribution in [3.8, 4) is 0 Å². The maximum Gasteiger partial charge on any atom is 0.317 e. The average Bonchev–Trinajstić information content (AvgIpc) is 2.76. The number of rotatable bonds is 6. The molecule has 1 saturated heterocycles. The first-order valence-corrected chi connectivity index (χ1v) is 7.01. The van der Waals surface area contributed by atoms with Gasteiger partial charge in [0.15, 0.2) is 0 Å². The second kappa shape index (κ2) is 6.92. The zero-order chi connectivity index (χ0) is 15.3. The molecule has 0 aromatic carbocycles. The van der Waals surface area contributed by atoms with Crippen LogP contribution in [0, 0.1) is 17.3 Å². The summed E-state index contributed by atoms with van der Waals surface area (Å²) in [7, 11) is 1.66. The molecule has 1 aliphatic heterocycles.